The van der Waals surface area contributed by atoms with Crippen molar-refractivity contribution in [1.29, 1.82) is 0 Å². The average molecular weight is 385 g/mol. The Kier molecular flexibility index (Phi) is 6.81. The van der Waals surface area contributed by atoms with Gasteiger partial charge in [-0.25, -0.2) is 4.79 Å². The number of hydrogen-bond donors (Lipinski definition) is 3. The Morgan fingerprint density at radius 1 is 1.42 bits per heavy atom. The lowest BCUT2D eigenvalue weighted by atomic mass is 9.87. The van der Waals surface area contributed by atoms with Gasteiger partial charge < -0.3 is 25.2 Å². The van der Waals surface area contributed by atoms with Crippen LogP contribution >= 0.6 is 11.8 Å². The molecule has 0 aromatic heterocycles. The number of rotatable bonds is 7. The number of carboxylic acids is 1. The number of carbonyl (C=O) groups is 3. The number of nitrogens with one attached hydrogen (secondary N) is 1. The van der Waals surface area contributed by atoms with Crippen LogP contribution in [-0.2, 0) is 14.4 Å². The van der Waals surface area contributed by atoms with Crippen molar-refractivity contribution in [2.24, 2.45) is 16.8 Å². The number of aliphatic carboxylic acids is 1. The van der Waals surface area contributed by atoms with Crippen molar-refractivity contribution >= 4 is 35.6 Å². The Morgan fingerprint density at radius 3 is 2.58 bits per heavy atom. The average Bonchev–Trinajstić information content (AvgIpc) is 3.14. The summed E-state index contributed by atoms with van der Waals surface area (Å²) in [6, 6.07) is -0.815. The molecule has 3 N–H and O–H groups in total. The summed E-state index contributed by atoms with van der Waals surface area (Å²) in [6.45, 7) is 4.00. The summed E-state index contributed by atoms with van der Waals surface area (Å²) in [5, 5.41) is 22.3. The predicted octanol–water partition coefficient (Wildman–Crippen LogP) is -0.353. The van der Waals surface area contributed by atoms with Gasteiger partial charge in [0, 0.05) is 25.9 Å². The summed E-state index contributed by atoms with van der Waals surface area (Å²) in [6.07, 6.45) is 0.388. The highest BCUT2D eigenvalue weighted by Gasteiger charge is 2.45. The number of aliphatic hydroxyl groups is 1. The monoisotopic (exact) mass is 385 g/mol. The second kappa shape index (κ2) is 8.49. The summed E-state index contributed by atoms with van der Waals surface area (Å²) >= 11 is 1.49. The molecule has 8 nitrogen and oxygen atoms in total. The maximum atomic E-state index is 12.1. The highest BCUT2D eigenvalue weighted by Crippen LogP contribution is 2.39. The van der Waals surface area contributed by atoms with Crippen LogP contribution in [0.4, 0.5) is 0 Å². The number of carbonyl (C=O) groups excluding carboxylic acids is 2. The van der Waals surface area contributed by atoms with Crippen LogP contribution in [0, 0.1) is 11.8 Å². The van der Waals surface area contributed by atoms with Gasteiger partial charge in [-0.05, 0) is 19.3 Å². The molecule has 0 spiro atoms. The second-order valence-corrected chi connectivity index (χ2v) is 8.68. The fraction of sp³-hybridized carbons (Fsp3) is 0.765. The fourth-order valence-electron chi connectivity index (χ4n) is 3.58. The fourth-order valence-corrected chi connectivity index (χ4v) is 5.19. The topological polar surface area (TPSA) is 119 Å². The maximum Gasteiger partial charge on any atom is 0.350 e. The summed E-state index contributed by atoms with van der Waals surface area (Å²) < 4.78 is 0. The molecule has 0 radical (unpaired) electrons. The zero-order valence-electron chi connectivity index (χ0n) is 15.5. The number of aliphatic imine (C=N–C) groups is 1. The lowest BCUT2D eigenvalue weighted by Crippen LogP contribution is -2.39. The SMILES string of the molecule is C[C@@H]1[C@H]([C@H](C=O)[C@@H](C)O)N=C(C(=O)O)[C@@H]1S[C@@H]1CN[C@@H](C(=O)N(C)C)C1. The van der Waals surface area contributed by atoms with Crippen molar-refractivity contribution in [1.82, 2.24) is 10.2 Å². The van der Waals surface area contributed by atoms with Gasteiger partial charge in [0.15, 0.2) is 0 Å². The quantitative estimate of drug-likeness (QED) is 0.512. The molecule has 2 rings (SSSR count). The van der Waals surface area contributed by atoms with Crippen LogP contribution < -0.4 is 5.32 Å². The van der Waals surface area contributed by atoms with E-state index in [1.165, 1.54) is 18.7 Å². The Bertz CT molecular complexity index is 595. The third kappa shape index (κ3) is 4.27. The van der Waals surface area contributed by atoms with Gasteiger partial charge in [-0.2, -0.15) is 0 Å². The van der Waals surface area contributed by atoms with E-state index in [1.807, 2.05) is 6.92 Å². The van der Waals surface area contributed by atoms with Gasteiger partial charge in [0.25, 0.3) is 0 Å². The van der Waals surface area contributed by atoms with Crippen LogP contribution in [0.2, 0.25) is 0 Å². The first-order chi connectivity index (χ1) is 12.2. The van der Waals surface area contributed by atoms with E-state index in [0.717, 1.165) is 0 Å². The van der Waals surface area contributed by atoms with Crippen molar-refractivity contribution < 1.29 is 24.6 Å². The summed E-state index contributed by atoms with van der Waals surface area (Å²) in [5.41, 5.74) is 0.0439. The molecular formula is C17H27N3O5S. The standard InChI is InChI=1S/C17H27N3O5S/c1-8-13(11(7-21)9(2)22)19-14(17(24)25)15(8)26-10-5-12(18-6-10)16(23)20(3)4/h7-13,15,18,22H,5-6H2,1-4H3,(H,24,25)/t8-,9-,10+,11-,12-,13-,15-/m1/s1. The van der Waals surface area contributed by atoms with E-state index in [0.29, 0.717) is 19.3 Å². The van der Waals surface area contributed by atoms with E-state index in [2.05, 4.69) is 10.3 Å². The molecule has 7 atom stereocenters. The van der Waals surface area contributed by atoms with Crippen LogP contribution in [0.25, 0.3) is 0 Å². The Balaban J connectivity index is 2.11. The predicted molar refractivity (Wildman–Crippen MR) is 99.5 cm³/mol. The number of nitrogens with zero attached hydrogens (tertiary/aromatic N) is 2. The first-order valence-electron chi connectivity index (χ1n) is 8.71. The number of amides is 1. The molecule has 1 fully saturated rings. The van der Waals surface area contributed by atoms with Gasteiger partial charge in [-0.15, -0.1) is 11.8 Å². The maximum absolute atomic E-state index is 12.1. The van der Waals surface area contributed by atoms with Crippen LogP contribution in [-0.4, -0.2) is 88.3 Å². The van der Waals surface area contributed by atoms with E-state index < -0.39 is 24.0 Å². The molecule has 0 aliphatic carbocycles. The molecule has 2 aliphatic rings. The van der Waals surface area contributed by atoms with E-state index >= 15 is 0 Å². The lowest BCUT2D eigenvalue weighted by Gasteiger charge is -2.26. The number of hydrogen-bond acceptors (Lipinski definition) is 7. The number of aldehydes is 1. The van der Waals surface area contributed by atoms with E-state index in [-0.39, 0.29) is 34.1 Å². The molecule has 1 saturated heterocycles. The molecular weight excluding hydrogens is 358 g/mol. The molecule has 26 heavy (non-hydrogen) atoms. The van der Waals surface area contributed by atoms with Crippen molar-refractivity contribution in [2.75, 3.05) is 20.6 Å². The normalized spacial score (nSPS) is 33.4. The van der Waals surface area contributed by atoms with Crippen molar-refractivity contribution in [3.63, 3.8) is 0 Å². The molecule has 0 saturated carbocycles. The molecule has 146 valence electrons. The first-order valence-corrected chi connectivity index (χ1v) is 9.66. The van der Waals surface area contributed by atoms with Gasteiger partial charge in [-0.1, -0.05) is 6.92 Å². The summed E-state index contributed by atoms with van der Waals surface area (Å²) in [5.74, 6) is -2.01. The first kappa shape index (κ1) is 20.9. The molecule has 1 amide bonds. The molecule has 0 aromatic carbocycles. The zero-order valence-corrected chi connectivity index (χ0v) is 16.3. The van der Waals surface area contributed by atoms with Gasteiger partial charge in [-0.3, -0.25) is 9.79 Å². The van der Waals surface area contributed by atoms with E-state index in [1.54, 1.807) is 19.0 Å². The van der Waals surface area contributed by atoms with Crippen LogP contribution in [0.15, 0.2) is 4.99 Å². The minimum atomic E-state index is -1.10. The smallest absolute Gasteiger partial charge is 0.350 e. The molecule has 2 heterocycles. The largest absolute Gasteiger partial charge is 0.477 e. The molecule has 2 aliphatic heterocycles. The van der Waals surface area contributed by atoms with Crippen LogP contribution in [0.1, 0.15) is 20.3 Å². The Morgan fingerprint density at radius 2 is 2.08 bits per heavy atom. The minimum Gasteiger partial charge on any atom is -0.477 e. The van der Waals surface area contributed by atoms with Gasteiger partial charge in [0.1, 0.15) is 12.0 Å². The number of aliphatic hydroxyl groups excluding tert-OH is 1. The van der Waals surface area contributed by atoms with Crippen molar-refractivity contribution in [3.8, 4) is 0 Å². The Hall–Kier alpha value is -1.45. The molecule has 0 aromatic rings. The highest BCUT2D eigenvalue weighted by molar-refractivity contribution is 8.01. The van der Waals surface area contributed by atoms with Gasteiger partial charge >= 0.3 is 5.97 Å². The van der Waals surface area contributed by atoms with Gasteiger partial charge in [0.2, 0.25) is 5.91 Å². The molecule has 0 bridgehead atoms. The lowest BCUT2D eigenvalue weighted by molar-refractivity contribution is -0.130. The summed E-state index contributed by atoms with van der Waals surface area (Å²) in [4.78, 5) is 40.9. The molecule has 9 heteroatoms. The minimum absolute atomic E-state index is 0.00713. The zero-order chi connectivity index (χ0) is 19.6. The molecule has 0 unspecified atom stereocenters. The van der Waals surface area contributed by atoms with Crippen LogP contribution in [0.3, 0.4) is 0 Å². The van der Waals surface area contributed by atoms with E-state index in [9.17, 15) is 24.6 Å². The number of carboxylic acid groups (broad SMARTS) is 1. The third-order valence-corrected chi connectivity index (χ3v) is 6.76. The van der Waals surface area contributed by atoms with Crippen LogP contribution in [0.5, 0.6) is 0 Å². The second-order valence-electron chi connectivity index (χ2n) is 7.23. The van der Waals surface area contributed by atoms with Gasteiger partial charge in [0.05, 0.1) is 29.4 Å². The number of thioether (sulfide) groups is 1. The van der Waals surface area contributed by atoms with Crippen molar-refractivity contribution in [3.05, 3.63) is 0 Å². The Labute approximate surface area is 157 Å². The number of likely N-dealkylation sites (N-methyl/N-ethyl adjacent to an activating group) is 1. The summed E-state index contributed by atoms with van der Waals surface area (Å²) in [7, 11) is 3.41. The van der Waals surface area contributed by atoms with Crippen molar-refractivity contribution in [2.45, 2.75) is 49.0 Å². The highest BCUT2D eigenvalue weighted by atomic mass is 32.2. The third-order valence-electron chi connectivity index (χ3n) is 5.07. The van der Waals surface area contributed by atoms with E-state index in [4.69, 9.17) is 0 Å².